The van der Waals surface area contributed by atoms with Gasteiger partial charge in [0.15, 0.2) is 0 Å². The summed E-state index contributed by atoms with van der Waals surface area (Å²) in [4.78, 5) is 14.2. The van der Waals surface area contributed by atoms with Crippen molar-refractivity contribution in [2.75, 3.05) is 6.54 Å². The molecule has 3 heterocycles. The van der Waals surface area contributed by atoms with E-state index in [1.807, 2.05) is 25.1 Å². The van der Waals surface area contributed by atoms with Gasteiger partial charge in [-0.1, -0.05) is 23.2 Å². The van der Waals surface area contributed by atoms with E-state index >= 15 is 0 Å². The number of thiophene rings is 1. The lowest BCUT2D eigenvalue weighted by atomic mass is 10.1. The summed E-state index contributed by atoms with van der Waals surface area (Å²) in [5.41, 5.74) is 3.48. The fraction of sp³-hybridized carbons (Fsp3) is 0.304. The molecule has 4 rings (SSSR count). The number of carbonyl (C=O) groups excluding carboxylic acids is 1. The highest BCUT2D eigenvalue weighted by molar-refractivity contribution is 7.15. The first-order chi connectivity index (χ1) is 15.2. The predicted molar refractivity (Wildman–Crippen MR) is 129 cm³/mol. The summed E-state index contributed by atoms with van der Waals surface area (Å²) < 4.78 is 7.55. The van der Waals surface area contributed by atoms with Gasteiger partial charge in [-0.3, -0.25) is 9.48 Å². The van der Waals surface area contributed by atoms with Gasteiger partial charge in [0.1, 0.15) is 17.0 Å². The lowest BCUT2D eigenvalue weighted by molar-refractivity contribution is -0.116. The monoisotopic (exact) mass is 491 g/mol. The van der Waals surface area contributed by atoms with E-state index in [9.17, 15) is 9.90 Å². The van der Waals surface area contributed by atoms with Gasteiger partial charge in [-0.15, -0.1) is 11.3 Å². The molecule has 0 fully saturated rings. The standard InChI is InChI=1S/C23H23Cl2N3O3S/c1-12-17(23(25)28(3)27-12)4-7-21(30)26-11-16-9-15-8-14(10-18(24)22(15)31-16)20-6-5-19(32-20)13(2)29/h4-8,10,13,16,29H,9,11H2,1-3H3,(H,26,30)/b7-4+. The van der Waals surface area contributed by atoms with Crippen molar-refractivity contribution in [1.29, 1.82) is 0 Å². The maximum atomic E-state index is 12.3. The molecule has 1 amide bonds. The molecular formula is C23H23Cl2N3O3S. The maximum Gasteiger partial charge on any atom is 0.244 e. The molecule has 9 heteroatoms. The number of hydrogen-bond acceptors (Lipinski definition) is 5. The van der Waals surface area contributed by atoms with Gasteiger partial charge in [-0.05, 0) is 49.8 Å². The van der Waals surface area contributed by atoms with E-state index < -0.39 is 6.10 Å². The predicted octanol–water partition coefficient (Wildman–Crippen LogP) is 4.95. The molecule has 0 radical (unpaired) electrons. The number of ether oxygens (including phenoxy) is 1. The molecule has 0 saturated heterocycles. The average molecular weight is 492 g/mol. The number of aryl methyl sites for hydroxylation is 2. The Labute approximate surface area is 200 Å². The van der Waals surface area contributed by atoms with Crippen LogP contribution in [0.4, 0.5) is 0 Å². The van der Waals surface area contributed by atoms with Crippen LogP contribution in [0.1, 0.15) is 34.7 Å². The van der Waals surface area contributed by atoms with Crippen LogP contribution < -0.4 is 10.1 Å². The molecule has 168 valence electrons. The number of nitrogens with one attached hydrogen (secondary N) is 1. The number of aliphatic hydroxyl groups excluding tert-OH is 1. The van der Waals surface area contributed by atoms with Crippen LogP contribution in [0.15, 0.2) is 30.3 Å². The van der Waals surface area contributed by atoms with Crippen molar-refractivity contribution < 1.29 is 14.6 Å². The fourth-order valence-corrected chi connectivity index (χ4v) is 5.10. The second-order valence-corrected chi connectivity index (χ2v) is 9.64. The fourth-order valence-electron chi connectivity index (χ4n) is 3.64. The summed E-state index contributed by atoms with van der Waals surface area (Å²) in [5.74, 6) is 0.426. The third-order valence-electron chi connectivity index (χ3n) is 5.28. The zero-order valence-corrected chi connectivity index (χ0v) is 20.2. The van der Waals surface area contributed by atoms with E-state index in [1.165, 1.54) is 6.08 Å². The van der Waals surface area contributed by atoms with E-state index in [4.69, 9.17) is 27.9 Å². The first-order valence-electron chi connectivity index (χ1n) is 10.1. The van der Waals surface area contributed by atoms with Gasteiger partial charge in [-0.2, -0.15) is 5.10 Å². The van der Waals surface area contributed by atoms with E-state index in [0.717, 1.165) is 32.1 Å². The van der Waals surface area contributed by atoms with Gasteiger partial charge in [0.25, 0.3) is 0 Å². The van der Waals surface area contributed by atoms with Crippen LogP contribution in [0.3, 0.4) is 0 Å². The molecule has 3 aromatic rings. The lowest BCUT2D eigenvalue weighted by Gasteiger charge is -2.11. The van der Waals surface area contributed by atoms with Crippen LogP contribution in [0.2, 0.25) is 10.2 Å². The van der Waals surface area contributed by atoms with Crippen LogP contribution in [0.25, 0.3) is 16.5 Å². The number of rotatable bonds is 6. The minimum absolute atomic E-state index is 0.199. The summed E-state index contributed by atoms with van der Waals surface area (Å²) in [6.45, 7) is 3.95. The zero-order valence-electron chi connectivity index (χ0n) is 17.9. The van der Waals surface area contributed by atoms with Crippen LogP contribution in [-0.2, 0) is 18.3 Å². The van der Waals surface area contributed by atoms with Gasteiger partial charge in [-0.25, -0.2) is 0 Å². The minimum Gasteiger partial charge on any atom is -0.486 e. The van der Waals surface area contributed by atoms with Crippen LogP contribution >= 0.6 is 34.5 Å². The molecule has 0 bridgehead atoms. The molecule has 0 aliphatic carbocycles. The number of halogens is 2. The Hall–Kier alpha value is -2.32. The van der Waals surface area contributed by atoms with Gasteiger partial charge >= 0.3 is 0 Å². The molecule has 2 N–H and O–H groups in total. The summed E-state index contributed by atoms with van der Waals surface area (Å²) in [6, 6.07) is 7.85. The van der Waals surface area contributed by atoms with Crippen molar-refractivity contribution in [3.63, 3.8) is 0 Å². The smallest absolute Gasteiger partial charge is 0.244 e. The Bertz CT molecular complexity index is 1200. The molecule has 2 unspecified atom stereocenters. The third kappa shape index (κ3) is 4.71. The molecule has 2 aromatic heterocycles. The number of carbonyl (C=O) groups is 1. The molecular weight excluding hydrogens is 469 g/mol. The summed E-state index contributed by atoms with van der Waals surface area (Å²) >= 11 is 14.2. The van der Waals surface area contributed by atoms with E-state index in [1.54, 1.807) is 36.1 Å². The Morgan fingerprint density at radius 2 is 2.22 bits per heavy atom. The molecule has 6 nitrogen and oxygen atoms in total. The van der Waals surface area contributed by atoms with Crippen LogP contribution in [0, 0.1) is 6.92 Å². The second kappa shape index (κ2) is 9.27. The zero-order chi connectivity index (χ0) is 23.0. The first-order valence-corrected chi connectivity index (χ1v) is 11.7. The topological polar surface area (TPSA) is 76.4 Å². The van der Waals surface area contributed by atoms with Gasteiger partial charge < -0.3 is 15.2 Å². The quantitative estimate of drug-likeness (QED) is 0.478. The summed E-state index contributed by atoms with van der Waals surface area (Å²) in [6.07, 6.45) is 3.06. The average Bonchev–Trinajstić information content (AvgIpc) is 3.44. The van der Waals surface area contributed by atoms with E-state index in [-0.39, 0.29) is 12.0 Å². The van der Waals surface area contributed by atoms with Crippen molar-refractivity contribution >= 4 is 46.5 Å². The SMILES string of the molecule is Cc1nn(C)c(Cl)c1/C=C/C(=O)NCC1Cc2cc(-c3ccc(C(C)O)s3)cc(Cl)c2O1. The van der Waals surface area contributed by atoms with Gasteiger partial charge in [0, 0.05) is 40.4 Å². The maximum absolute atomic E-state index is 12.3. The molecule has 0 spiro atoms. The van der Waals surface area contributed by atoms with Crippen molar-refractivity contribution in [2.24, 2.45) is 7.05 Å². The lowest BCUT2D eigenvalue weighted by Crippen LogP contribution is -2.33. The number of aliphatic hydroxyl groups is 1. The van der Waals surface area contributed by atoms with Gasteiger partial charge in [0.05, 0.1) is 23.4 Å². The molecule has 1 aromatic carbocycles. The highest BCUT2D eigenvalue weighted by atomic mass is 35.5. The number of nitrogens with zero attached hydrogens (tertiary/aromatic N) is 2. The van der Waals surface area contributed by atoms with Crippen molar-refractivity contribution in [1.82, 2.24) is 15.1 Å². The Kier molecular flexibility index (Phi) is 6.62. The highest BCUT2D eigenvalue weighted by Gasteiger charge is 2.26. The Morgan fingerprint density at radius 1 is 1.44 bits per heavy atom. The molecule has 32 heavy (non-hydrogen) atoms. The highest BCUT2D eigenvalue weighted by Crippen LogP contribution is 2.41. The largest absolute Gasteiger partial charge is 0.486 e. The third-order valence-corrected chi connectivity index (χ3v) is 7.31. The van der Waals surface area contributed by atoms with Crippen molar-refractivity contribution in [2.45, 2.75) is 32.5 Å². The number of fused-ring (bicyclic) bond motifs is 1. The van der Waals surface area contributed by atoms with Crippen LogP contribution in [-0.4, -0.2) is 33.4 Å². The molecule has 1 aliphatic heterocycles. The summed E-state index contributed by atoms with van der Waals surface area (Å²) in [7, 11) is 1.75. The van der Waals surface area contributed by atoms with Crippen molar-refractivity contribution in [3.05, 3.63) is 62.2 Å². The Balaban J connectivity index is 1.39. The molecule has 1 aliphatic rings. The molecule has 0 saturated carbocycles. The van der Waals surface area contributed by atoms with E-state index in [0.29, 0.717) is 28.9 Å². The summed E-state index contributed by atoms with van der Waals surface area (Å²) in [5, 5.41) is 17.9. The number of hydrogen-bond donors (Lipinski definition) is 2. The first kappa shape index (κ1) is 22.9. The number of amides is 1. The van der Waals surface area contributed by atoms with Crippen molar-refractivity contribution in [3.8, 4) is 16.2 Å². The Morgan fingerprint density at radius 3 is 2.88 bits per heavy atom. The normalized spacial score (nSPS) is 16.2. The molecule has 2 atom stereocenters. The minimum atomic E-state index is -0.498. The van der Waals surface area contributed by atoms with E-state index in [2.05, 4.69) is 16.5 Å². The van der Waals surface area contributed by atoms with Gasteiger partial charge in [0.2, 0.25) is 5.91 Å². The number of aromatic nitrogens is 2. The second-order valence-electron chi connectivity index (χ2n) is 7.76. The van der Waals surface area contributed by atoms with Crippen LogP contribution in [0.5, 0.6) is 5.75 Å². The number of benzene rings is 1.